The minimum atomic E-state index is -0.648. The predicted octanol–water partition coefficient (Wildman–Crippen LogP) is 2.37. The van der Waals surface area contributed by atoms with Crippen LogP contribution < -0.4 is 10.1 Å². The molecule has 7 nitrogen and oxygen atoms in total. The van der Waals surface area contributed by atoms with Crippen LogP contribution in [0.2, 0.25) is 0 Å². The van der Waals surface area contributed by atoms with Crippen LogP contribution in [0.15, 0.2) is 48.8 Å². The number of hydrogen-bond donors (Lipinski definition) is 2. The molecule has 0 aliphatic rings. The predicted molar refractivity (Wildman–Crippen MR) is 83.9 cm³/mol. The zero-order chi connectivity index (χ0) is 17.1. The van der Waals surface area contributed by atoms with Gasteiger partial charge in [-0.3, -0.25) is 4.79 Å². The van der Waals surface area contributed by atoms with E-state index >= 15 is 0 Å². The molecule has 24 heavy (non-hydrogen) atoms. The van der Waals surface area contributed by atoms with Gasteiger partial charge < -0.3 is 15.2 Å². The molecule has 1 amide bonds. The molecule has 0 saturated carbocycles. The SMILES string of the molecule is COc1cccnc1NC(=O)c1nn(-c2ccc(F)cc2)cc1O. The second-order valence-corrected chi connectivity index (χ2v) is 4.79. The van der Waals surface area contributed by atoms with Crippen LogP contribution >= 0.6 is 0 Å². The Bertz CT molecular complexity index is 877. The number of aromatic hydroxyl groups is 1. The fourth-order valence-corrected chi connectivity index (χ4v) is 2.07. The zero-order valence-corrected chi connectivity index (χ0v) is 12.6. The van der Waals surface area contributed by atoms with E-state index < -0.39 is 11.7 Å². The Hall–Kier alpha value is -3.42. The average Bonchev–Trinajstić information content (AvgIpc) is 2.98. The Balaban J connectivity index is 1.87. The molecule has 2 aromatic heterocycles. The standard InChI is InChI=1S/C16H13FN4O3/c1-24-13-3-2-8-18-15(13)19-16(23)14-12(22)9-21(20-14)11-6-4-10(17)5-7-11/h2-9,22H,1H3,(H,18,19,23). The van der Waals surface area contributed by atoms with Crippen LogP contribution in [0.25, 0.3) is 5.69 Å². The summed E-state index contributed by atoms with van der Waals surface area (Å²) < 4.78 is 19.3. The van der Waals surface area contributed by atoms with Crippen molar-refractivity contribution in [3.63, 3.8) is 0 Å². The van der Waals surface area contributed by atoms with E-state index in [1.807, 2.05) is 0 Å². The number of nitrogens with one attached hydrogen (secondary N) is 1. The van der Waals surface area contributed by atoms with Gasteiger partial charge in [0.15, 0.2) is 23.0 Å². The maximum Gasteiger partial charge on any atom is 0.281 e. The summed E-state index contributed by atoms with van der Waals surface area (Å²) in [4.78, 5) is 16.3. The number of methoxy groups -OCH3 is 1. The fourth-order valence-electron chi connectivity index (χ4n) is 2.07. The first kappa shape index (κ1) is 15.5. The van der Waals surface area contributed by atoms with Gasteiger partial charge in [-0.1, -0.05) is 0 Å². The summed E-state index contributed by atoms with van der Waals surface area (Å²) in [6.45, 7) is 0. The van der Waals surface area contributed by atoms with Crippen LogP contribution in [-0.4, -0.2) is 32.9 Å². The highest BCUT2D eigenvalue weighted by atomic mass is 19.1. The second-order valence-electron chi connectivity index (χ2n) is 4.79. The van der Waals surface area contributed by atoms with Crippen molar-refractivity contribution in [1.29, 1.82) is 0 Å². The lowest BCUT2D eigenvalue weighted by atomic mass is 10.3. The number of nitrogens with zero attached hydrogens (tertiary/aromatic N) is 3. The van der Waals surface area contributed by atoms with Crippen molar-refractivity contribution in [2.24, 2.45) is 0 Å². The van der Waals surface area contributed by atoms with Crippen molar-refractivity contribution in [1.82, 2.24) is 14.8 Å². The van der Waals surface area contributed by atoms with Gasteiger partial charge in [-0.2, -0.15) is 5.10 Å². The van der Waals surface area contributed by atoms with Crippen LogP contribution in [0, 0.1) is 5.82 Å². The topological polar surface area (TPSA) is 89.3 Å². The van der Waals surface area contributed by atoms with Gasteiger partial charge >= 0.3 is 0 Å². The molecule has 0 saturated heterocycles. The summed E-state index contributed by atoms with van der Waals surface area (Å²) in [5.74, 6) is -0.767. The molecule has 8 heteroatoms. The first-order chi connectivity index (χ1) is 11.6. The van der Waals surface area contributed by atoms with Crippen LogP contribution in [0.1, 0.15) is 10.5 Å². The van der Waals surface area contributed by atoms with E-state index in [9.17, 15) is 14.3 Å². The van der Waals surface area contributed by atoms with E-state index in [0.29, 0.717) is 11.4 Å². The summed E-state index contributed by atoms with van der Waals surface area (Å²) in [6.07, 6.45) is 2.76. The van der Waals surface area contributed by atoms with Crippen molar-refractivity contribution in [3.05, 3.63) is 60.3 Å². The summed E-state index contributed by atoms with van der Waals surface area (Å²) >= 11 is 0. The van der Waals surface area contributed by atoms with Crippen LogP contribution in [-0.2, 0) is 0 Å². The molecule has 122 valence electrons. The average molecular weight is 328 g/mol. The minimum absolute atomic E-state index is 0.188. The van der Waals surface area contributed by atoms with E-state index in [-0.39, 0.29) is 17.3 Å². The van der Waals surface area contributed by atoms with Gasteiger partial charge in [-0.25, -0.2) is 14.1 Å². The van der Waals surface area contributed by atoms with Gasteiger partial charge in [0.25, 0.3) is 5.91 Å². The van der Waals surface area contributed by atoms with Gasteiger partial charge in [0.1, 0.15) is 5.82 Å². The monoisotopic (exact) mass is 328 g/mol. The van der Waals surface area contributed by atoms with E-state index in [1.54, 1.807) is 12.1 Å². The lowest BCUT2D eigenvalue weighted by molar-refractivity contribution is 0.101. The molecule has 1 aromatic carbocycles. The molecular formula is C16H13FN4O3. The van der Waals surface area contributed by atoms with Gasteiger partial charge in [0.05, 0.1) is 19.0 Å². The number of carbonyl (C=O) groups excluding carboxylic acids is 1. The van der Waals surface area contributed by atoms with E-state index in [4.69, 9.17) is 4.74 Å². The normalized spacial score (nSPS) is 10.4. The Morgan fingerprint density at radius 2 is 2.04 bits per heavy atom. The number of halogens is 1. The van der Waals surface area contributed by atoms with Gasteiger partial charge in [-0.05, 0) is 36.4 Å². The van der Waals surface area contributed by atoms with Gasteiger partial charge in [0, 0.05) is 6.20 Å². The van der Waals surface area contributed by atoms with E-state index in [1.165, 1.54) is 48.5 Å². The number of rotatable bonds is 4. The van der Waals surface area contributed by atoms with Gasteiger partial charge in [-0.15, -0.1) is 0 Å². The zero-order valence-electron chi connectivity index (χ0n) is 12.6. The number of carbonyl (C=O) groups is 1. The number of hydrogen-bond acceptors (Lipinski definition) is 5. The highest BCUT2D eigenvalue weighted by Gasteiger charge is 2.19. The largest absolute Gasteiger partial charge is 0.504 e. The fraction of sp³-hybridized carbons (Fsp3) is 0.0625. The molecular weight excluding hydrogens is 315 g/mol. The van der Waals surface area contributed by atoms with E-state index in [2.05, 4.69) is 15.4 Å². The molecule has 3 aromatic rings. The number of amides is 1. The van der Waals surface area contributed by atoms with Gasteiger partial charge in [0.2, 0.25) is 0 Å². The van der Waals surface area contributed by atoms with Crippen LogP contribution in [0.5, 0.6) is 11.5 Å². The molecule has 3 rings (SSSR count). The van der Waals surface area contributed by atoms with E-state index in [0.717, 1.165) is 0 Å². The summed E-state index contributed by atoms with van der Waals surface area (Å²) in [5.41, 5.74) is 0.313. The molecule has 0 atom stereocenters. The highest BCUT2D eigenvalue weighted by molar-refractivity contribution is 6.04. The molecule has 2 N–H and O–H groups in total. The van der Waals surface area contributed by atoms with Crippen LogP contribution in [0.3, 0.4) is 0 Å². The lowest BCUT2D eigenvalue weighted by Crippen LogP contribution is -2.15. The molecule has 0 aliphatic heterocycles. The Kier molecular flexibility index (Phi) is 4.11. The van der Waals surface area contributed by atoms with Crippen molar-refractivity contribution in [3.8, 4) is 17.2 Å². The summed E-state index contributed by atoms with van der Waals surface area (Å²) in [7, 11) is 1.45. The quantitative estimate of drug-likeness (QED) is 0.767. The number of ether oxygens (including phenoxy) is 1. The first-order valence-electron chi connectivity index (χ1n) is 6.93. The molecule has 0 spiro atoms. The lowest BCUT2D eigenvalue weighted by Gasteiger charge is -2.07. The first-order valence-corrected chi connectivity index (χ1v) is 6.93. The maximum atomic E-state index is 13.0. The highest BCUT2D eigenvalue weighted by Crippen LogP contribution is 2.23. The third-order valence-electron chi connectivity index (χ3n) is 3.22. The van der Waals surface area contributed by atoms with Crippen molar-refractivity contribution in [2.75, 3.05) is 12.4 Å². The summed E-state index contributed by atoms with van der Waals surface area (Å²) in [5, 5.41) is 16.5. The smallest absolute Gasteiger partial charge is 0.281 e. The molecule has 0 unspecified atom stereocenters. The minimum Gasteiger partial charge on any atom is -0.504 e. The molecule has 2 heterocycles. The Morgan fingerprint density at radius 3 is 2.75 bits per heavy atom. The summed E-state index contributed by atoms with van der Waals surface area (Å²) in [6, 6.07) is 8.77. The molecule has 0 radical (unpaired) electrons. The molecule has 0 bridgehead atoms. The second kappa shape index (κ2) is 6.37. The van der Waals surface area contributed by atoms with Crippen molar-refractivity contribution < 1.29 is 19.0 Å². The van der Waals surface area contributed by atoms with Crippen molar-refractivity contribution in [2.45, 2.75) is 0 Å². The molecule has 0 aliphatic carbocycles. The number of pyridine rings is 1. The maximum absolute atomic E-state index is 13.0. The number of benzene rings is 1. The van der Waals surface area contributed by atoms with Crippen molar-refractivity contribution >= 4 is 11.7 Å². The third kappa shape index (κ3) is 3.02. The number of anilines is 1. The molecule has 0 fully saturated rings. The Morgan fingerprint density at radius 1 is 1.29 bits per heavy atom. The Labute approximate surface area is 136 Å². The third-order valence-corrected chi connectivity index (χ3v) is 3.22. The number of aromatic nitrogens is 3. The van der Waals surface area contributed by atoms with Crippen LogP contribution in [0.4, 0.5) is 10.2 Å².